The Morgan fingerprint density at radius 1 is 1.44 bits per heavy atom. The Labute approximate surface area is 114 Å². The van der Waals surface area contributed by atoms with Crippen LogP contribution in [0.5, 0.6) is 5.75 Å². The number of benzene rings is 1. The van der Waals surface area contributed by atoms with Gasteiger partial charge >= 0.3 is 0 Å². The van der Waals surface area contributed by atoms with Gasteiger partial charge in [-0.2, -0.15) is 0 Å². The molecule has 1 heterocycles. The number of halogens is 1. The summed E-state index contributed by atoms with van der Waals surface area (Å²) in [4.78, 5) is 11.6. The van der Waals surface area contributed by atoms with Crippen LogP contribution in [0.1, 0.15) is 30.3 Å². The molecule has 0 aliphatic rings. The molecule has 0 aliphatic heterocycles. The quantitative estimate of drug-likeness (QED) is 0.456. The van der Waals surface area contributed by atoms with Crippen LogP contribution in [0.4, 0.5) is 0 Å². The Hall–Kier alpha value is -1.29. The summed E-state index contributed by atoms with van der Waals surface area (Å²) < 4.78 is 11.2. The average molecular weight is 311 g/mol. The lowest BCUT2D eigenvalue weighted by atomic mass is 10.2. The zero-order valence-corrected chi connectivity index (χ0v) is 11.8. The molecule has 0 saturated carbocycles. The molecule has 0 unspecified atom stereocenters. The molecule has 4 heteroatoms. The summed E-state index contributed by atoms with van der Waals surface area (Å²) in [5.41, 5.74) is 0.688. The van der Waals surface area contributed by atoms with E-state index in [9.17, 15) is 4.79 Å². The minimum absolute atomic E-state index is 0.0642. The first kappa shape index (κ1) is 13.1. The van der Waals surface area contributed by atoms with Crippen LogP contribution in [0.2, 0.25) is 0 Å². The van der Waals surface area contributed by atoms with E-state index in [1.54, 1.807) is 6.07 Å². The van der Waals surface area contributed by atoms with E-state index in [4.69, 9.17) is 9.15 Å². The van der Waals surface area contributed by atoms with Crippen molar-refractivity contribution in [1.82, 2.24) is 0 Å². The van der Waals surface area contributed by atoms with Crippen LogP contribution < -0.4 is 4.74 Å². The van der Waals surface area contributed by atoms with Crippen molar-refractivity contribution in [1.29, 1.82) is 0 Å². The zero-order chi connectivity index (χ0) is 13.0. The molecule has 0 spiro atoms. The van der Waals surface area contributed by atoms with E-state index >= 15 is 0 Å². The lowest BCUT2D eigenvalue weighted by Gasteiger charge is -2.05. The van der Waals surface area contributed by atoms with Crippen LogP contribution in [0.25, 0.3) is 11.0 Å². The Morgan fingerprint density at radius 2 is 2.28 bits per heavy atom. The number of carbonyl (C=O) groups excluding carboxylic acids is 1. The van der Waals surface area contributed by atoms with E-state index in [0.717, 1.165) is 24.0 Å². The Kier molecular flexibility index (Phi) is 4.42. The number of hydrogen-bond acceptors (Lipinski definition) is 3. The van der Waals surface area contributed by atoms with Crippen LogP contribution in [0.3, 0.4) is 0 Å². The third-order valence-corrected chi connectivity index (χ3v) is 3.18. The second-order valence-electron chi connectivity index (χ2n) is 4.04. The minimum Gasteiger partial charge on any atom is -0.493 e. The number of furan rings is 1. The third kappa shape index (κ3) is 2.75. The van der Waals surface area contributed by atoms with Crippen molar-refractivity contribution in [2.24, 2.45) is 0 Å². The molecule has 0 radical (unpaired) electrons. The summed E-state index contributed by atoms with van der Waals surface area (Å²) in [6, 6.07) is 7.36. The molecular formula is C14H15BrO3. The summed E-state index contributed by atoms with van der Waals surface area (Å²) >= 11 is 3.14. The van der Waals surface area contributed by atoms with E-state index in [1.807, 2.05) is 18.2 Å². The van der Waals surface area contributed by atoms with E-state index < -0.39 is 0 Å². The van der Waals surface area contributed by atoms with Gasteiger partial charge in [-0.05, 0) is 24.6 Å². The summed E-state index contributed by atoms with van der Waals surface area (Å²) in [6.07, 6.45) is 2.11. The number of ether oxygens (including phenoxy) is 1. The predicted molar refractivity (Wildman–Crippen MR) is 74.7 cm³/mol. The van der Waals surface area contributed by atoms with Crippen molar-refractivity contribution < 1.29 is 13.9 Å². The van der Waals surface area contributed by atoms with E-state index in [-0.39, 0.29) is 11.1 Å². The molecule has 96 valence electrons. The molecule has 0 fully saturated rings. The maximum absolute atomic E-state index is 11.6. The van der Waals surface area contributed by atoms with Gasteiger partial charge in [0, 0.05) is 0 Å². The number of unbranched alkanes of at least 4 members (excludes halogenated alkanes) is 1. The van der Waals surface area contributed by atoms with Gasteiger partial charge in [-0.25, -0.2) is 0 Å². The smallest absolute Gasteiger partial charge is 0.208 e. The fraction of sp³-hybridized carbons (Fsp3) is 0.357. The molecule has 0 bridgehead atoms. The second-order valence-corrected chi connectivity index (χ2v) is 4.60. The van der Waals surface area contributed by atoms with Gasteiger partial charge in [-0.1, -0.05) is 35.3 Å². The lowest BCUT2D eigenvalue weighted by Crippen LogP contribution is -1.97. The minimum atomic E-state index is -0.0642. The van der Waals surface area contributed by atoms with Gasteiger partial charge in [-0.3, -0.25) is 4.79 Å². The maximum atomic E-state index is 11.6. The highest BCUT2D eigenvalue weighted by Gasteiger charge is 2.13. The summed E-state index contributed by atoms with van der Waals surface area (Å²) in [6.45, 7) is 2.80. The average Bonchev–Trinajstić information content (AvgIpc) is 2.83. The topological polar surface area (TPSA) is 39.4 Å². The number of rotatable bonds is 6. The first-order valence-corrected chi connectivity index (χ1v) is 7.13. The van der Waals surface area contributed by atoms with Gasteiger partial charge in [-0.15, -0.1) is 0 Å². The molecule has 0 atom stereocenters. The highest BCUT2D eigenvalue weighted by molar-refractivity contribution is 9.09. The summed E-state index contributed by atoms with van der Waals surface area (Å²) in [5, 5.41) is 1.12. The lowest BCUT2D eigenvalue weighted by molar-refractivity contribution is 0.0995. The van der Waals surface area contributed by atoms with Gasteiger partial charge in [0.1, 0.15) is 11.3 Å². The molecular weight excluding hydrogens is 296 g/mol. The van der Waals surface area contributed by atoms with Crippen molar-refractivity contribution >= 4 is 32.7 Å². The molecule has 18 heavy (non-hydrogen) atoms. The van der Waals surface area contributed by atoms with Crippen LogP contribution >= 0.6 is 15.9 Å². The number of fused-ring (bicyclic) bond motifs is 1. The van der Waals surface area contributed by atoms with E-state index in [2.05, 4.69) is 22.9 Å². The van der Waals surface area contributed by atoms with Crippen LogP contribution in [-0.2, 0) is 0 Å². The SMILES string of the molecule is CCCCOc1cccc2oc(C(=O)CBr)cc12. The van der Waals surface area contributed by atoms with Crippen LogP contribution in [-0.4, -0.2) is 17.7 Å². The van der Waals surface area contributed by atoms with Gasteiger partial charge < -0.3 is 9.15 Å². The first-order chi connectivity index (χ1) is 8.76. The normalized spacial score (nSPS) is 10.8. The van der Waals surface area contributed by atoms with Crippen LogP contribution in [0, 0.1) is 0 Å². The van der Waals surface area contributed by atoms with Crippen molar-refractivity contribution in [2.75, 3.05) is 11.9 Å². The highest BCUT2D eigenvalue weighted by atomic mass is 79.9. The molecule has 0 amide bonds. The predicted octanol–water partition coefficient (Wildman–Crippen LogP) is 4.19. The van der Waals surface area contributed by atoms with E-state index in [1.165, 1.54) is 0 Å². The molecule has 2 aromatic rings. The Balaban J connectivity index is 2.30. The molecule has 2 rings (SSSR count). The standard InChI is InChI=1S/C14H15BrO3/c1-2-3-7-17-12-5-4-6-13-10(12)8-14(18-13)11(16)9-15/h4-6,8H,2-3,7,9H2,1H3. The Bertz CT molecular complexity index is 545. The fourth-order valence-corrected chi connectivity index (χ4v) is 1.97. The van der Waals surface area contributed by atoms with E-state index in [0.29, 0.717) is 18.0 Å². The number of alkyl halides is 1. The van der Waals surface area contributed by atoms with Crippen molar-refractivity contribution in [2.45, 2.75) is 19.8 Å². The number of Topliss-reactive ketones (excluding diaryl/α,β-unsaturated/α-hetero) is 1. The van der Waals surface area contributed by atoms with Crippen molar-refractivity contribution in [3.05, 3.63) is 30.0 Å². The van der Waals surface area contributed by atoms with Gasteiger partial charge in [0.05, 0.1) is 17.3 Å². The highest BCUT2D eigenvalue weighted by Crippen LogP contribution is 2.29. The monoisotopic (exact) mass is 310 g/mol. The number of ketones is 1. The molecule has 0 saturated heterocycles. The first-order valence-electron chi connectivity index (χ1n) is 6.00. The molecule has 0 aliphatic carbocycles. The van der Waals surface area contributed by atoms with Gasteiger partial charge in [0.15, 0.2) is 5.76 Å². The van der Waals surface area contributed by atoms with Crippen molar-refractivity contribution in [3.8, 4) is 5.75 Å². The van der Waals surface area contributed by atoms with Crippen molar-refractivity contribution in [3.63, 3.8) is 0 Å². The summed E-state index contributed by atoms with van der Waals surface area (Å²) in [5.74, 6) is 1.08. The molecule has 0 N–H and O–H groups in total. The molecule has 3 nitrogen and oxygen atoms in total. The number of hydrogen-bond donors (Lipinski definition) is 0. The zero-order valence-electron chi connectivity index (χ0n) is 10.2. The molecule has 1 aromatic heterocycles. The van der Waals surface area contributed by atoms with Gasteiger partial charge in [0.2, 0.25) is 5.78 Å². The largest absolute Gasteiger partial charge is 0.493 e. The second kappa shape index (κ2) is 6.05. The Morgan fingerprint density at radius 3 is 3.00 bits per heavy atom. The number of carbonyl (C=O) groups is 1. The third-order valence-electron chi connectivity index (χ3n) is 2.67. The fourth-order valence-electron chi connectivity index (χ4n) is 1.69. The molecule has 1 aromatic carbocycles. The maximum Gasteiger partial charge on any atom is 0.208 e. The summed E-state index contributed by atoms with van der Waals surface area (Å²) in [7, 11) is 0. The van der Waals surface area contributed by atoms with Gasteiger partial charge in [0.25, 0.3) is 0 Å². The van der Waals surface area contributed by atoms with Crippen LogP contribution in [0.15, 0.2) is 28.7 Å².